The second-order valence-corrected chi connectivity index (χ2v) is 10.3. The highest BCUT2D eigenvalue weighted by molar-refractivity contribution is 5.98. The zero-order valence-corrected chi connectivity index (χ0v) is 23.0. The highest BCUT2D eigenvalue weighted by Gasteiger charge is 2.27. The van der Waals surface area contributed by atoms with Crippen LogP contribution in [0.25, 0.3) is 5.78 Å². The molecule has 0 spiro atoms. The Morgan fingerprint density at radius 2 is 1.84 bits per heavy atom. The summed E-state index contributed by atoms with van der Waals surface area (Å²) in [6, 6.07) is 9.31. The molecule has 3 aromatic carbocycles. The van der Waals surface area contributed by atoms with Crippen LogP contribution in [0.1, 0.15) is 66.1 Å². The fourth-order valence-electron chi connectivity index (χ4n) is 5.18. The van der Waals surface area contributed by atoms with Gasteiger partial charge in [0, 0.05) is 18.7 Å². The molecule has 0 fully saturated rings. The van der Waals surface area contributed by atoms with Crippen LogP contribution in [0, 0.1) is 5.82 Å². The average Bonchev–Trinajstić information content (AvgIpc) is 3.62. The van der Waals surface area contributed by atoms with Crippen LogP contribution in [0.3, 0.4) is 0 Å². The van der Waals surface area contributed by atoms with E-state index in [2.05, 4.69) is 30.6 Å². The monoisotopic (exact) mass is 615 g/mol. The molecule has 1 aliphatic rings. The molecule has 6 rings (SSSR count). The van der Waals surface area contributed by atoms with Gasteiger partial charge in [-0.05, 0) is 65.0 Å². The van der Waals surface area contributed by atoms with E-state index in [1.54, 1.807) is 12.1 Å². The second kappa shape index (κ2) is 11.1. The minimum atomic E-state index is -1.06. The summed E-state index contributed by atoms with van der Waals surface area (Å²) in [5, 5.41) is 20.8. The third kappa shape index (κ3) is 5.28. The molecule has 5 aromatic rings. The van der Waals surface area contributed by atoms with Crippen LogP contribution in [0.4, 0.5) is 15.8 Å². The number of carboxylic acid groups (broad SMARTS) is 1. The Labute approximate surface area is 250 Å². The number of benzene rings is 2. The molecule has 1 atom stereocenters. The molecule has 16 heteroatoms. The average molecular weight is 616 g/mol. The summed E-state index contributed by atoms with van der Waals surface area (Å²) >= 11 is 0. The number of hydrogen-bond acceptors (Lipinski definition) is 11. The number of hydrogen-bond donors (Lipinski definition) is 5. The Morgan fingerprint density at radius 1 is 1.04 bits per heavy atom. The molecular formula is C29H22FN7O8. The first-order valence-electron chi connectivity index (χ1n) is 13.5. The smallest absolute Gasteiger partial charge is 0.448 e. The topological polar surface area (TPSA) is 228 Å². The number of aromatic nitrogens is 3. The number of nitrogen functional groups attached to an aromatic ring is 1. The van der Waals surface area contributed by atoms with Crippen LogP contribution in [0.5, 0.6) is 0 Å². The normalized spacial score (nSPS) is 13.9. The van der Waals surface area contributed by atoms with Crippen molar-refractivity contribution < 1.29 is 28.4 Å². The molecule has 2 aromatic heterocycles. The van der Waals surface area contributed by atoms with E-state index in [1.807, 2.05) is 0 Å². The Balaban J connectivity index is 1.19. The summed E-state index contributed by atoms with van der Waals surface area (Å²) in [7, 11) is 0. The van der Waals surface area contributed by atoms with Crippen molar-refractivity contribution in [3.8, 4) is 0 Å². The van der Waals surface area contributed by atoms with Crippen molar-refractivity contribution in [3.05, 3.63) is 118 Å². The third-order valence-electron chi connectivity index (χ3n) is 7.53. The number of nitrogens with two attached hydrogens (primary N) is 1. The van der Waals surface area contributed by atoms with E-state index in [1.165, 1.54) is 18.2 Å². The first-order valence-corrected chi connectivity index (χ1v) is 13.5. The minimum absolute atomic E-state index is 0.0942. The van der Waals surface area contributed by atoms with Crippen molar-refractivity contribution in [2.45, 2.75) is 32.0 Å². The molecule has 45 heavy (non-hydrogen) atoms. The molecular weight excluding hydrogens is 593 g/mol. The molecule has 228 valence electrons. The fourth-order valence-corrected chi connectivity index (χ4v) is 5.18. The number of rotatable bonds is 9. The van der Waals surface area contributed by atoms with E-state index >= 15 is 0 Å². The van der Waals surface area contributed by atoms with Gasteiger partial charge >= 0.3 is 11.7 Å². The van der Waals surface area contributed by atoms with E-state index < -0.39 is 46.3 Å². The second-order valence-electron chi connectivity index (χ2n) is 10.3. The van der Waals surface area contributed by atoms with Gasteiger partial charge in [0.25, 0.3) is 28.4 Å². The molecule has 0 radical (unpaired) electrons. The Bertz CT molecular complexity index is 2180. The van der Waals surface area contributed by atoms with Gasteiger partial charge in [0.1, 0.15) is 28.6 Å². The van der Waals surface area contributed by atoms with Crippen LogP contribution < -0.4 is 38.3 Å². The van der Waals surface area contributed by atoms with Crippen LogP contribution >= 0.6 is 0 Å². The maximum absolute atomic E-state index is 14.4. The predicted octanol–water partition coefficient (Wildman–Crippen LogP) is 0.657. The molecule has 0 bridgehead atoms. The molecule has 6 N–H and O–H groups in total. The largest absolute Gasteiger partial charge is 0.478 e. The van der Waals surface area contributed by atoms with E-state index in [0.717, 1.165) is 27.7 Å². The summed E-state index contributed by atoms with van der Waals surface area (Å²) < 4.78 is 19.9. The lowest BCUT2D eigenvalue weighted by molar-refractivity contribution is 0.0696. The SMILES string of the molecule is Nc1c(NCc2cc(CNC(=O)c3cc(C(=O)N[C@H]4CCc5cc(C(=O)O)ccc54)nc4noc(=O)n34)ccc2F)c(=O)c1=O. The summed E-state index contributed by atoms with van der Waals surface area (Å²) in [4.78, 5) is 77.1. The van der Waals surface area contributed by atoms with E-state index in [-0.39, 0.29) is 52.8 Å². The summed E-state index contributed by atoms with van der Waals surface area (Å²) in [5.41, 5.74) is 5.30. The quantitative estimate of drug-likeness (QED) is 0.144. The number of aryl methyl sites for hydroxylation is 1. The fraction of sp³-hybridized carbons (Fsp3) is 0.172. The molecule has 15 nitrogen and oxygen atoms in total. The molecule has 2 amide bonds. The van der Waals surface area contributed by atoms with Crippen molar-refractivity contribution in [2.75, 3.05) is 11.1 Å². The number of nitrogens with one attached hydrogen (secondary N) is 3. The third-order valence-corrected chi connectivity index (χ3v) is 7.53. The van der Waals surface area contributed by atoms with Gasteiger partial charge in [0.2, 0.25) is 0 Å². The Morgan fingerprint density at radius 3 is 2.60 bits per heavy atom. The van der Waals surface area contributed by atoms with Gasteiger partial charge in [0.05, 0.1) is 11.6 Å². The summed E-state index contributed by atoms with van der Waals surface area (Å²) in [6.45, 7) is -0.286. The number of aromatic carboxylic acids is 1. The van der Waals surface area contributed by atoms with Gasteiger partial charge in [-0.1, -0.05) is 12.1 Å². The van der Waals surface area contributed by atoms with Gasteiger partial charge in [-0.2, -0.15) is 0 Å². The number of carbonyl (C=O) groups excluding carboxylic acids is 2. The molecule has 0 saturated carbocycles. The number of halogens is 1. The van der Waals surface area contributed by atoms with Gasteiger partial charge < -0.3 is 26.8 Å². The number of nitrogens with zero attached hydrogens (tertiary/aromatic N) is 3. The highest BCUT2D eigenvalue weighted by Crippen LogP contribution is 2.32. The Kier molecular flexibility index (Phi) is 7.16. The van der Waals surface area contributed by atoms with Crippen molar-refractivity contribution >= 4 is 34.9 Å². The Hall–Kier alpha value is -6.19. The van der Waals surface area contributed by atoms with Gasteiger partial charge in [-0.3, -0.25) is 23.7 Å². The van der Waals surface area contributed by atoms with Crippen molar-refractivity contribution in [3.63, 3.8) is 0 Å². The molecule has 0 aliphatic heterocycles. The summed E-state index contributed by atoms with van der Waals surface area (Å²) in [6.07, 6.45) is 1.06. The number of carboxylic acids is 1. The lowest BCUT2D eigenvalue weighted by Crippen LogP contribution is -2.37. The number of anilines is 2. The summed E-state index contributed by atoms with van der Waals surface area (Å²) in [5.74, 6) is -4.47. The zero-order chi connectivity index (χ0) is 32.0. The van der Waals surface area contributed by atoms with E-state index in [0.29, 0.717) is 18.4 Å². The van der Waals surface area contributed by atoms with Gasteiger partial charge in [-0.25, -0.2) is 23.4 Å². The van der Waals surface area contributed by atoms with E-state index in [4.69, 9.17) is 5.73 Å². The molecule has 1 aliphatic carbocycles. The first-order chi connectivity index (χ1) is 21.5. The lowest BCUT2D eigenvalue weighted by Gasteiger charge is -2.15. The first kappa shape index (κ1) is 28.9. The van der Waals surface area contributed by atoms with Crippen molar-refractivity contribution in [1.29, 1.82) is 0 Å². The van der Waals surface area contributed by atoms with E-state index in [9.17, 15) is 38.3 Å². The van der Waals surface area contributed by atoms with Crippen molar-refractivity contribution in [1.82, 2.24) is 25.2 Å². The van der Waals surface area contributed by atoms with Crippen LogP contribution in [-0.4, -0.2) is 37.4 Å². The van der Waals surface area contributed by atoms with Gasteiger partial charge in [0.15, 0.2) is 0 Å². The van der Waals surface area contributed by atoms with Crippen LogP contribution in [0.15, 0.2) is 61.4 Å². The van der Waals surface area contributed by atoms with Crippen LogP contribution in [0.2, 0.25) is 0 Å². The highest BCUT2D eigenvalue weighted by atomic mass is 19.1. The number of fused-ring (bicyclic) bond motifs is 2. The zero-order valence-electron chi connectivity index (χ0n) is 23.0. The van der Waals surface area contributed by atoms with Gasteiger partial charge in [-0.15, -0.1) is 0 Å². The number of carbonyl (C=O) groups is 3. The van der Waals surface area contributed by atoms with Crippen molar-refractivity contribution in [2.24, 2.45) is 0 Å². The minimum Gasteiger partial charge on any atom is -0.478 e. The molecule has 2 heterocycles. The maximum Gasteiger partial charge on any atom is 0.448 e. The predicted molar refractivity (Wildman–Crippen MR) is 154 cm³/mol. The molecule has 0 saturated heterocycles. The number of amides is 2. The molecule has 0 unspecified atom stereocenters. The lowest BCUT2D eigenvalue weighted by atomic mass is 10.0. The standard InChI is InChI=1S/C29H22FN7O8/c30-17-5-1-12(7-15(17)11-32-22-21(31)23(38)24(22)39)10-33-26(41)20-9-19(35-28-36-45-29(44)37(20)28)25(40)34-18-6-3-13-8-14(27(42)43)2-4-16(13)18/h1-2,4-5,7-9,18,32H,3,6,10-11,31H2,(H,33,41)(H,34,40)(H,42,43)/t18-/m0/s1. The van der Waals surface area contributed by atoms with Crippen LogP contribution in [-0.2, 0) is 19.5 Å². The maximum atomic E-state index is 14.4.